The number of fused-ring (bicyclic) bond motifs is 1. The number of benzene rings is 1. The summed E-state index contributed by atoms with van der Waals surface area (Å²) in [5, 5.41) is 20.6. The Bertz CT molecular complexity index is 623. The molecule has 0 saturated heterocycles. The zero-order valence-electron chi connectivity index (χ0n) is 16.3. The Labute approximate surface area is 166 Å². The van der Waals surface area contributed by atoms with Crippen LogP contribution in [0.25, 0.3) is 0 Å². The zero-order chi connectivity index (χ0) is 19.9. The monoisotopic (exact) mass is 393 g/mol. The highest BCUT2D eigenvalue weighted by Gasteiger charge is 2.47. The van der Waals surface area contributed by atoms with Gasteiger partial charge in [-0.05, 0) is 74.8 Å². The third-order valence-corrected chi connectivity index (χ3v) is 5.93. The Morgan fingerprint density at radius 2 is 1.96 bits per heavy atom. The third-order valence-electron chi connectivity index (χ3n) is 5.93. The summed E-state index contributed by atoms with van der Waals surface area (Å²) < 4.78 is 24.4. The van der Waals surface area contributed by atoms with Crippen molar-refractivity contribution in [2.45, 2.75) is 50.4 Å². The molecule has 0 heterocycles. The second-order valence-corrected chi connectivity index (χ2v) is 7.98. The smallest absolute Gasteiger partial charge is 0.123 e. The fourth-order valence-corrected chi connectivity index (χ4v) is 4.53. The molecule has 2 fully saturated rings. The van der Waals surface area contributed by atoms with Crippen molar-refractivity contribution < 1.29 is 24.1 Å². The number of unbranched alkanes of at least 4 members (excludes halogenated alkanes) is 1. The average Bonchev–Trinajstić information content (AvgIpc) is 3.19. The first-order valence-electron chi connectivity index (χ1n) is 10.3. The molecule has 2 unspecified atom stereocenters. The van der Waals surface area contributed by atoms with Gasteiger partial charge in [-0.15, -0.1) is 0 Å². The number of ether oxygens (including phenoxy) is 2. The Hall–Kier alpha value is -1.47. The number of aliphatic hydroxyl groups is 2. The van der Waals surface area contributed by atoms with Crippen LogP contribution in [0.4, 0.5) is 4.39 Å². The zero-order valence-corrected chi connectivity index (χ0v) is 16.3. The van der Waals surface area contributed by atoms with E-state index in [9.17, 15) is 14.6 Å². The molecule has 3 rings (SSSR count). The van der Waals surface area contributed by atoms with Gasteiger partial charge in [-0.1, -0.05) is 12.2 Å². The number of hydrogen-bond donors (Lipinski definition) is 3. The summed E-state index contributed by atoms with van der Waals surface area (Å²) in [5.74, 6) is 1.12. The molecule has 2 aliphatic rings. The average molecular weight is 393 g/mol. The molecule has 0 aliphatic heterocycles. The minimum Gasteiger partial charge on any atom is -0.491 e. The first kappa shape index (κ1) is 21.2. The topological polar surface area (TPSA) is 84.9 Å². The third kappa shape index (κ3) is 5.77. The molecule has 1 aromatic rings. The van der Waals surface area contributed by atoms with Gasteiger partial charge in [0.05, 0.1) is 12.2 Å². The van der Waals surface area contributed by atoms with Gasteiger partial charge in [-0.3, -0.25) is 0 Å². The van der Waals surface area contributed by atoms with Gasteiger partial charge in [0.1, 0.15) is 24.3 Å². The van der Waals surface area contributed by atoms with Gasteiger partial charge in [0, 0.05) is 12.5 Å². The van der Waals surface area contributed by atoms with E-state index in [1.807, 2.05) is 6.08 Å². The van der Waals surface area contributed by atoms with Gasteiger partial charge in [0.15, 0.2) is 0 Å². The van der Waals surface area contributed by atoms with Crippen molar-refractivity contribution in [3.63, 3.8) is 0 Å². The molecule has 2 aliphatic carbocycles. The van der Waals surface area contributed by atoms with Crippen LogP contribution in [0.15, 0.2) is 36.4 Å². The van der Waals surface area contributed by atoms with Crippen LogP contribution < -0.4 is 10.5 Å². The van der Waals surface area contributed by atoms with Gasteiger partial charge in [-0.2, -0.15) is 0 Å². The van der Waals surface area contributed by atoms with E-state index in [0.717, 1.165) is 38.7 Å². The molecule has 0 bridgehead atoms. The predicted octanol–water partition coefficient (Wildman–Crippen LogP) is 2.65. The standard InChI is InChI=1S/C22H32FNO4/c23-16-3-6-18(7-4-16)28-14-17(25)5-8-20-21-13-19(27-10-2-1-9-24)11-15(21)12-22(20)26/h3-8,15,17,19-22,25-26H,1-2,9-14,24H2/t15-,17?,19?,20-,21+,22-/m0/s1. The Balaban J connectivity index is 1.45. The van der Waals surface area contributed by atoms with Crippen molar-refractivity contribution in [1.29, 1.82) is 0 Å². The normalized spacial score (nSPS) is 30.6. The maximum absolute atomic E-state index is 12.9. The van der Waals surface area contributed by atoms with Crippen LogP contribution in [0, 0.1) is 23.6 Å². The first-order valence-corrected chi connectivity index (χ1v) is 10.3. The van der Waals surface area contributed by atoms with E-state index in [2.05, 4.69) is 0 Å². The van der Waals surface area contributed by atoms with Crippen molar-refractivity contribution in [1.82, 2.24) is 0 Å². The molecule has 6 heteroatoms. The van der Waals surface area contributed by atoms with E-state index in [-0.39, 0.29) is 30.5 Å². The molecule has 0 aromatic heterocycles. The lowest BCUT2D eigenvalue weighted by Crippen LogP contribution is -2.21. The van der Waals surface area contributed by atoms with Crippen LogP contribution in [-0.4, -0.2) is 48.3 Å². The molecule has 28 heavy (non-hydrogen) atoms. The second-order valence-electron chi connectivity index (χ2n) is 7.98. The van der Waals surface area contributed by atoms with Crippen molar-refractivity contribution in [2.24, 2.45) is 23.5 Å². The molecule has 1 aromatic carbocycles. The maximum Gasteiger partial charge on any atom is 0.123 e. The fraction of sp³-hybridized carbons (Fsp3) is 0.636. The number of nitrogens with two attached hydrogens (primary N) is 1. The summed E-state index contributed by atoms with van der Waals surface area (Å²) >= 11 is 0. The van der Waals surface area contributed by atoms with Crippen LogP contribution in [0.5, 0.6) is 5.75 Å². The summed E-state index contributed by atoms with van der Waals surface area (Å²) in [5.41, 5.74) is 5.51. The summed E-state index contributed by atoms with van der Waals surface area (Å²) in [6.07, 6.45) is 7.51. The van der Waals surface area contributed by atoms with Crippen LogP contribution in [-0.2, 0) is 4.74 Å². The highest BCUT2D eigenvalue weighted by Crippen LogP contribution is 2.49. The molecular formula is C22H32FNO4. The van der Waals surface area contributed by atoms with E-state index < -0.39 is 6.10 Å². The van der Waals surface area contributed by atoms with E-state index in [1.54, 1.807) is 6.08 Å². The van der Waals surface area contributed by atoms with Gasteiger partial charge in [0.25, 0.3) is 0 Å². The van der Waals surface area contributed by atoms with Crippen LogP contribution in [0.1, 0.15) is 32.1 Å². The summed E-state index contributed by atoms with van der Waals surface area (Å²) in [6.45, 7) is 1.54. The number of halogens is 1. The van der Waals surface area contributed by atoms with Crippen molar-refractivity contribution in [3.05, 3.63) is 42.2 Å². The lowest BCUT2D eigenvalue weighted by molar-refractivity contribution is 0.0417. The Kier molecular flexibility index (Phi) is 7.85. The molecule has 0 spiro atoms. The lowest BCUT2D eigenvalue weighted by Gasteiger charge is -2.19. The molecule has 5 nitrogen and oxygen atoms in total. The van der Waals surface area contributed by atoms with Crippen LogP contribution in [0.2, 0.25) is 0 Å². The molecule has 2 saturated carbocycles. The van der Waals surface area contributed by atoms with Gasteiger partial charge >= 0.3 is 0 Å². The molecule has 0 radical (unpaired) electrons. The Morgan fingerprint density at radius 1 is 1.18 bits per heavy atom. The summed E-state index contributed by atoms with van der Waals surface area (Å²) in [4.78, 5) is 0. The summed E-state index contributed by atoms with van der Waals surface area (Å²) in [6, 6.07) is 5.70. The predicted molar refractivity (Wildman–Crippen MR) is 105 cm³/mol. The van der Waals surface area contributed by atoms with E-state index in [1.165, 1.54) is 24.3 Å². The van der Waals surface area contributed by atoms with Crippen LogP contribution in [0.3, 0.4) is 0 Å². The van der Waals surface area contributed by atoms with Crippen molar-refractivity contribution >= 4 is 0 Å². The first-order chi connectivity index (χ1) is 13.6. The van der Waals surface area contributed by atoms with Crippen LogP contribution >= 0.6 is 0 Å². The minimum absolute atomic E-state index is 0.0445. The number of hydrogen-bond acceptors (Lipinski definition) is 5. The van der Waals surface area contributed by atoms with Gasteiger partial charge in [-0.25, -0.2) is 4.39 Å². The molecule has 6 atom stereocenters. The highest BCUT2D eigenvalue weighted by atomic mass is 19.1. The van der Waals surface area contributed by atoms with Gasteiger partial charge < -0.3 is 25.4 Å². The second kappa shape index (κ2) is 10.3. The van der Waals surface area contributed by atoms with Crippen molar-refractivity contribution in [3.8, 4) is 5.75 Å². The van der Waals surface area contributed by atoms with Gasteiger partial charge in [0.2, 0.25) is 0 Å². The Morgan fingerprint density at radius 3 is 2.71 bits per heavy atom. The SMILES string of the molecule is NCCCCOC1C[C@H]2C[C@H](O)[C@@H](C=CC(O)COc3ccc(F)cc3)[C@@H]2C1. The molecule has 4 N–H and O–H groups in total. The highest BCUT2D eigenvalue weighted by molar-refractivity contribution is 5.22. The number of rotatable bonds is 10. The van der Waals surface area contributed by atoms with E-state index in [0.29, 0.717) is 24.1 Å². The number of aliphatic hydroxyl groups excluding tert-OH is 2. The minimum atomic E-state index is -0.777. The lowest BCUT2D eigenvalue weighted by atomic mass is 9.90. The van der Waals surface area contributed by atoms with Crippen molar-refractivity contribution in [2.75, 3.05) is 19.8 Å². The summed E-state index contributed by atoms with van der Waals surface area (Å²) in [7, 11) is 0. The molecule has 0 amide bonds. The van der Waals surface area contributed by atoms with E-state index >= 15 is 0 Å². The molecule has 156 valence electrons. The van der Waals surface area contributed by atoms with E-state index in [4.69, 9.17) is 15.2 Å². The maximum atomic E-state index is 12.9. The fourth-order valence-electron chi connectivity index (χ4n) is 4.53. The molecular weight excluding hydrogens is 361 g/mol. The quantitative estimate of drug-likeness (QED) is 0.420. The largest absolute Gasteiger partial charge is 0.491 e.